The lowest BCUT2D eigenvalue weighted by Crippen LogP contribution is -2.17. The van der Waals surface area contributed by atoms with Crippen molar-refractivity contribution in [2.24, 2.45) is 0 Å². The molecule has 4 N–H and O–H groups in total. The lowest BCUT2D eigenvalue weighted by molar-refractivity contribution is 0.102. The van der Waals surface area contributed by atoms with Gasteiger partial charge in [0.1, 0.15) is 5.69 Å². The Kier molecular flexibility index (Phi) is 2.91. The second-order valence-corrected chi connectivity index (χ2v) is 3.51. The van der Waals surface area contributed by atoms with Gasteiger partial charge in [-0.3, -0.25) is 9.59 Å². The molecular weight excluding hydrogens is 218 g/mol. The van der Waals surface area contributed by atoms with Crippen LogP contribution in [0, 0.1) is 0 Å². The second kappa shape index (κ2) is 4.52. The van der Waals surface area contributed by atoms with Crippen LogP contribution in [0.15, 0.2) is 47.3 Å². The zero-order valence-corrected chi connectivity index (χ0v) is 8.94. The number of aromatic nitrogens is 1. The summed E-state index contributed by atoms with van der Waals surface area (Å²) in [5.41, 5.74) is 6.62. The summed E-state index contributed by atoms with van der Waals surface area (Å²) in [6.07, 6.45) is 0. The molecule has 17 heavy (non-hydrogen) atoms. The van der Waals surface area contributed by atoms with E-state index in [1.807, 2.05) is 0 Å². The van der Waals surface area contributed by atoms with Crippen molar-refractivity contribution >= 4 is 17.3 Å². The fraction of sp³-hybridized carbons (Fsp3) is 0. The number of amides is 1. The number of carbonyl (C=O) groups excluding carboxylic acids is 1. The van der Waals surface area contributed by atoms with Gasteiger partial charge in [-0.1, -0.05) is 12.1 Å². The van der Waals surface area contributed by atoms with Gasteiger partial charge in [0.05, 0.1) is 0 Å². The van der Waals surface area contributed by atoms with Crippen molar-refractivity contribution in [2.45, 2.75) is 0 Å². The van der Waals surface area contributed by atoms with Crippen molar-refractivity contribution in [3.8, 4) is 0 Å². The number of anilines is 2. The Morgan fingerprint density at radius 2 is 1.94 bits per heavy atom. The molecule has 1 aromatic heterocycles. The van der Waals surface area contributed by atoms with Gasteiger partial charge in [-0.05, 0) is 24.3 Å². The largest absolute Gasteiger partial charge is 0.399 e. The Balaban J connectivity index is 2.20. The molecule has 0 unspecified atom stereocenters. The molecule has 86 valence electrons. The Hall–Kier alpha value is -2.56. The van der Waals surface area contributed by atoms with Crippen LogP contribution in [0.5, 0.6) is 0 Å². The molecule has 1 amide bonds. The van der Waals surface area contributed by atoms with Gasteiger partial charge in [0.25, 0.3) is 5.91 Å². The van der Waals surface area contributed by atoms with Crippen molar-refractivity contribution in [1.29, 1.82) is 0 Å². The highest BCUT2D eigenvalue weighted by Gasteiger charge is 2.06. The number of nitrogen functional groups attached to an aromatic ring is 1. The van der Waals surface area contributed by atoms with Crippen LogP contribution in [-0.4, -0.2) is 10.9 Å². The van der Waals surface area contributed by atoms with E-state index in [2.05, 4.69) is 10.3 Å². The summed E-state index contributed by atoms with van der Waals surface area (Å²) in [4.78, 5) is 25.2. The lowest BCUT2D eigenvalue weighted by atomic mass is 10.2. The molecule has 0 saturated heterocycles. The van der Waals surface area contributed by atoms with Gasteiger partial charge < -0.3 is 16.0 Å². The van der Waals surface area contributed by atoms with Gasteiger partial charge in [0.15, 0.2) is 0 Å². The van der Waals surface area contributed by atoms with Gasteiger partial charge in [0.2, 0.25) is 5.56 Å². The molecule has 0 fully saturated rings. The van der Waals surface area contributed by atoms with E-state index >= 15 is 0 Å². The quantitative estimate of drug-likeness (QED) is 0.676. The molecule has 2 rings (SSSR count). The summed E-state index contributed by atoms with van der Waals surface area (Å²) in [6.45, 7) is 0. The zero-order valence-electron chi connectivity index (χ0n) is 8.94. The van der Waals surface area contributed by atoms with E-state index in [0.29, 0.717) is 11.4 Å². The monoisotopic (exact) mass is 229 g/mol. The number of rotatable bonds is 2. The minimum absolute atomic E-state index is 0.208. The van der Waals surface area contributed by atoms with Crippen LogP contribution in [-0.2, 0) is 0 Å². The summed E-state index contributed by atoms with van der Waals surface area (Å²) in [7, 11) is 0. The highest BCUT2D eigenvalue weighted by Crippen LogP contribution is 2.12. The number of nitrogens with two attached hydrogens (primary N) is 1. The molecule has 1 heterocycles. The van der Waals surface area contributed by atoms with Crippen LogP contribution in [0.4, 0.5) is 11.4 Å². The Bertz CT molecular complexity index is 604. The summed E-state index contributed by atoms with van der Waals surface area (Å²) < 4.78 is 0. The SMILES string of the molecule is Nc1cccc(NC(=O)c2cccc(=O)[nH]2)c1. The van der Waals surface area contributed by atoms with Gasteiger partial charge >= 0.3 is 0 Å². The first kappa shape index (κ1) is 10.9. The summed E-state index contributed by atoms with van der Waals surface area (Å²) in [5.74, 6) is -0.381. The van der Waals surface area contributed by atoms with E-state index in [-0.39, 0.29) is 17.2 Å². The summed E-state index contributed by atoms with van der Waals surface area (Å²) in [6, 6.07) is 11.2. The zero-order chi connectivity index (χ0) is 12.3. The molecule has 2 aromatic rings. The van der Waals surface area contributed by atoms with Gasteiger partial charge in [-0.15, -0.1) is 0 Å². The number of H-pyrrole nitrogens is 1. The topological polar surface area (TPSA) is 88.0 Å². The highest BCUT2D eigenvalue weighted by atomic mass is 16.2. The van der Waals surface area contributed by atoms with E-state index in [4.69, 9.17) is 5.73 Å². The number of aromatic amines is 1. The first-order valence-corrected chi connectivity index (χ1v) is 5.01. The summed E-state index contributed by atoms with van der Waals surface area (Å²) >= 11 is 0. The predicted molar refractivity (Wildman–Crippen MR) is 65.9 cm³/mol. The standard InChI is InChI=1S/C12H11N3O2/c13-8-3-1-4-9(7-8)14-12(17)10-5-2-6-11(16)15-10/h1-7H,13H2,(H,14,17)(H,15,16). The first-order valence-electron chi connectivity index (χ1n) is 5.01. The molecule has 0 atom stereocenters. The normalized spacial score (nSPS) is 9.88. The molecule has 0 spiro atoms. The van der Waals surface area contributed by atoms with E-state index < -0.39 is 0 Å². The van der Waals surface area contributed by atoms with Crippen molar-refractivity contribution < 1.29 is 4.79 Å². The first-order chi connectivity index (χ1) is 8.15. The average Bonchev–Trinajstić information content (AvgIpc) is 2.29. The highest BCUT2D eigenvalue weighted by molar-refractivity contribution is 6.02. The van der Waals surface area contributed by atoms with Crippen molar-refractivity contribution in [3.63, 3.8) is 0 Å². The Labute approximate surface area is 97.3 Å². The Morgan fingerprint density at radius 3 is 2.65 bits per heavy atom. The van der Waals surface area contributed by atoms with Crippen molar-refractivity contribution in [1.82, 2.24) is 4.98 Å². The fourth-order valence-corrected chi connectivity index (χ4v) is 1.40. The molecule has 0 aliphatic rings. The number of pyridine rings is 1. The van der Waals surface area contributed by atoms with Crippen LogP contribution in [0.2, 0.25) is 0 Å². The molecule has 0 aliphatic carbocycles. The van der Waals surface area contributed by atoms with Crippen LogP contribution < -0.4 is 16.6 Å². The van der Waals surface area contributed by atoms with Crippen LogP contribution in [0.25, 0.3) is 0 Å². The molecular formula is C12H11N3O2. The maximum Gasteiger partial charge on any atom is 0.272 e. The van der Waals surface area contributed by atoms with E-state index in [0.717, 1.165) is 0 Å². The molecule has 0 radical (unpaired) electrons. The van der Waals surface area contributed by atoms with E-state index in [1.54, 1.807) is 24.3 Å². The van der Waals surface area contributed by atoms with Gasteiger partial charge in [-0.2, -0.15) is 0 Å². The van der Waals surface area contributed by atoms with E-state index in [1.165, 1.54) is 18.2 Å². The third-order valence-corrected chi connectivity index (χ3v) is 2.16. The lowest BCUT2D eigenvalue weighted by Gasteiger charge is -2.05. The summed E-state index contributed by atoms with van der Waals surface area (Å²) in [5, 5.41) is 2.64. The average molecular weight is 229 g/mol. The number of hydrogen-bond donors (Lipinski definition) is 3. The number of nitrogens with one attached hydrogen (secondary N) is 2. The molecule has 1 aromatic carbocycles. The van der Waals surface area contributed by atoms with Crippen molar-refractivity contribution in [2.75, 3.05) is 11.1 Å². The maximum atomic E-state index is 11.8. The Morgan fingerprint density at radius 1 is 1.18 bits per heavy atom. The minimum atomic E-state index is -0.381. The van der Waals surface area contributed by atoms with Crippen molar-refractivity contribution in [3.05, 3.63) is 58.5 Å². The predicted octanol–water partition coefficient (Wildman–Crippen LogP) is 1.21. The second-order valence-electron chi connectivity index (χ2n) is 3.51. The molecule has 0 saturated carbocycles. The van der Waals surface area contributed by atoms with Crippen LogP contribution in [0.3, 0.4) is 0 Å². The van der Waals surface area contributed by atoms with Gasteiger partial charge in [0, 0.05) is 17.4 Å². The fourth-order valence-electron chi connectivity index (χ4n) is 1.40. The molecule has 5 nitrogen and oxygen atoms in total. The third kappa shape index (κ3) is 2.72. The molecule has 5 heteroatoms. The number of benzene rings is 1. The van der Waals surface area contributed by atoms with Crippen LogP contribution in [0.1, 0.15) is 10.5 Å². The van der Waals surface area contributed by atoms with E-state index in [9.17, 15) is 9.59 Å². The maximum absolute atomic E-state index is 11.8. The number of hydrogen-bond acceptors (Lipinski definition) is 3. The van der Waals surface area contributed by atoms with Crippen LogP contribution >= 0.6 is 0 Å². The third-order valence-electron chi connectivity index (χ3n) is 2.16. The molecule has 0 aliphatic heterocycles. The minimum Gasteiger partial charge on any atom is -0.399 e. The number of carbonyl (C=O) groups is 1. The van der Waals surface area contributed by atoms with Gasteiger partial charge in [-0.25, -0.2) is 0 Å². The smallest absolute Gasteiger partial charge is 0.272 e. The molecule has 0 bridgehead atoms.